The molecule has 7 unspecified atom stereocenters. The maximum Gasteiger partial charge on any atom is 0.220 e. The number of ether oxygens (including phenoxy) is 2. The summed E-state index contributed by atoms with van der Waals surface area (Å²) in [5.74, 6) is -0.200. The first-order valence-electron chi connectivity index (χ1n) is 22.2. The van der Waals surface area contributed by atoms with Crippen LogP contribution in [0.25, 0.3) is 0 Å². The average Bonchev–Trinajstić information content (AvgIpc) is 3.17. The zero-order chi connectivity index (χ0) is 39.5. The fourth-order valence-corrected chi connectivity index (χ4v) is 6.82. The zero-order valence-electron chi connectivity index (χ0n) is 34.5. The Balaban J connectivity index is 2.36. The number of carbonyl (C=O) groups is 1. The number of rotatable bonds is 36. The van der Waals surface area contributed by atoms with Crippen molar-refractivity contribution in [2.24, 2.45) is 0 Å². The molecule has 7 atom stereocenters. The first kappa shape index (κ1) is 50.4. The van der Waals surface area contributed by atoms with Crippen molar-refractivity contribution in [1.82, 2.24) is 5.32 Å². The Labute approximate surface area is 330 Å². The molecule has 1 aliphatic rings. The lowest BCUT2D eigenvalue weighted by Gasteiger charge is -2.40. The second-order valence-electron chi connectivity index (χ2n) is 15.5. The van der Waals surface area contributed by atoms with Crippen LogP contribution in [-0.2, 0) is 14.3 Å². The monoisotopic (exact) mass is 766 g/mol. The molecule has 1 heterocycles. The molecule has 0 aliphatic carbocycles. The van der Waals surface area contributed by atoms with Crippen LogP contribution in [-0.4, -0.2) is 87.5 Å². The highest BCUT2D eigenvalue weighted by Crippen LogP contribution is 2.22. The summed E-state index contributed by atoms with van der Waals surface area (Å²) in [5.41, 5.74) is 0. The Kier molecular flexibility index (Phi) is 33.4. The van der Waals surface area contributed by atoms with E-state index in [1.54, 1.807) is 6.08 Å². The van der Waals surface area contributed by atoms with Crippen molar-refractivity contribution in [2.45, 2.75) is 230 Å². The molecular weight excluding hydrogens is 682 g/mol. The number of hydrogen-bond donors (Lipinski definition) is 6. The van der Waals surface area contributed by atoms with Gasteiger partial charge >= 0.3 is 0 Å². The van der Waals surface area contributed by atoms with Gasteiger partial charge in [0, 0.05) is 6.42 Å². The molecule has 0 aromatic carbocycles. The molecule has 0 saturated carbocycles. The summed E-state index contributed by atoms with van der Waals surface area (Å²) >= 11 is 0. The van der Waals surface area contributed by atoms with E-state index in [1.165, 1.54) is 103 Å². The Morgan fingerprint density at radius 2 is 1.09 bits per heavy atom. The molecule has 0 aromatic heterocycles. The zero-order valence-corrected chi connectivity index (χ0v) is 34.5. The van der Waals surface area contributed by atoms with Crippen LogP contribution in [0.5, 0.6) is 0 Å². The smallest absolute Gasteiger partial charge is 0.220 e. The van der Waals surface area contributed by atoms with Crippen LogP contribution in [0.2, 0.25) is 0 Å². The predicted molar refractivity (Wildman–Crippen MR) is 221 cm³/mol. The van der Waals surface area contributed by atoms with Gasteiger partial charge in [-0.2, -0.15) is 0 Å². The summed E-state index contributed by atoms with van der Waals surface area (Å²) in [5, 5.41) is 54.0. The first-order valence-corrected chi connectivity index (χ1v) is 22.2. The van der Waals surface area contributed by atoms with E-state index in [4.69, 9.17) is 9.47 Å². The van der Waals surface area contributed by atoms with E-state index in [0.29, 0.717) is 6.42 Å². The van der Waals surface area contributed by atoms with Crippen LogP contribution in [0.1, 0.15) is 187 Å². The van der Waals surface area contributed by atoms with Crippen LogP contribution in [0, 0.1) is 0 Å². The topological polar surface area (TPSA) is 149 Å². The van der Waals surface area contributed by atoms with E-state index in [1.807, 2.05) is 6.08 Å². The Bertz CT molecular complexity index is 941. The van der Waals surface area contributed by atoms with Crippen molar-refractivity contribution < 1.29 is 39.8 Å². The highest BCUT2D eigenvalue weighted by molar-refractivity contribution is 5.76. The third kappa shape index (κ3) is 26.3. The van der Waals surface area contributed by atoms with Crippen LogP contribution < -0.4 is 5.32 Å². The summed E-state index contributed by atoms with van der Waals surface area (Å²) in [6.45, 7) is 3.68. The largest absolute Gasteiger partial charge is 0.394 e. The summed E-state index contributed by atoms with van der Waals surface area (Å²) in [6, 6.07) is -0.823. The number of carbonyl (C=O) groups excluding carboxylic acids is 1. The third-order valence-corrected chi connectivity index (χ3v) is 10.4. The molecule has 1 rings (SSSR count). The van der Waals surface area contributed by atoms with Gasteiger partial charge in [-0.3, -0.25) is 4.79 Å². The minimum Gasteiger partial charge on any atom is -0.394 e. The van der Waals surface area contributed by atoms with Gasteiger partial charge in [0.25, 0.3) is 0 Å². The van der Waals surface area contributed by atoms with Crippen LogP contribution in [0.4, 0.5) is 0 Å². The normalized spacial score (nSPS) is 21.8. The molecule has 316 valence electrons. The van der Waals surface area contributed by atoms with Crippen molar-refractivity contribution in [3.05, 3.63) is 36.5 Å². The number of unbranched alkanes of at least 4 members (excludes halogenated alkanes) is 22. The van der Waals surface area contributed by atoms with Gasteiger partial charge in [0.2, 0.25) is 5.91 Å². The molecule has 54 heavy (non-hydrogen) atoms. The highest BCUT2D eigenvalue weighted by atomic mass is 16.7. The number of nitrogens with one attached hydrogen (secondary N) is 1. The molecule has 0 radical (unpaired) electrons. The molecule has 1 saturated heterocycles. The van der Waals surface area contributed by atoms with E-state index in [0.717, 1.165) is 64.2 Å². The second kappa shape index (κ2) is 35.8. The minimum absolute atomic E-state index is 0.200. The quantitative estimate of drug-likeness (QED) is 0.0274. The maximum atomic E-state index is 12.9. The van der Waals surface area contributed by atoms with E-state index in [2.05, 4.69) is 43.5 Å². The van der Waals surface area contributed by atoms with E-state index < -0.39 is 49.5 Å². The van der Waals surface area contributed by atoms with E-state index >= 15 is 0 Å². The lowest BCUT2D eigenvalue weighted by molar-refractivity contribution is -0.302. The number of aliphatic hydroxyl groups is 5. The summed E-state index contributed by atoms with van der Waals surface area (Å²) in [6.07, 6.45) is 36.3. The van der Waals surface area contributed by atoms with Crippen molar-refractivity contribution in [3.63, 3.8) is 0 Å². The predicted octanol–water partition coefficient (Wildman–Crippen LogP) is 8.89. The fraction of sp³-hybridized carbons (Fsp3) is 0.844. The molecule has 9 nitrogen and oxygen atoms in total. The SMILES string of the molecule is CCC/C=C\CCCCCCCC(=O)NC(COC1OC(CO)C(O)C(O)C1O)C(O)/C=C/CC/C=C/CCCCCCCCCCCCCCCCC. The number of aliphatic hydroxyl groups excluding tert-OH is 5. The van der Waals surface area contributed by atoms with Crippen LogP contribution >= 0.6 is 0 Å². The molecule has 0 spiro atoms. The number of amides is 1. The van der Waals surface area contributed by atoms with Crippen molar-refractivity contribution in [2.75, 3.05) is 13.2 Å². The van der Waals surface area contributed by atoms with Gasteiger partial charge in [0.05, 0.1) is 25.4 Å². The van der Waals surface area contributed by atoms with E-state index in [-0.39, 0.29) is 12.5 Å². The highest BCUT2D eigenvalue weighted by Gasteiger charge is 2.44. The minimum atomic E-state index is -1.57. The van der Waals surface area contributed by atoms with Gasteiger partial charge in [0.1, 0.15) is 24.4 Å². The average molecular weight is 766 g/mol. The summed E-state index contributed by atoms with van der Waals surface area (Å²) < 4.78 is 11.2. The molecule has 1 fully saturated rings. The van der Waals surface area contributed by atoms with Gasteiger partial charge in [-0.15, -0.1) is 0 Å². The molecular formula is C45H83NO8. The number of allylic oxidation sites excluding steroid dienone is 5. The van der Waals surface area contributed by atoms with Crippen LogP contribution in [0.3, 0.4) is 0 Å². The van der Waals surface area contributed by atoms with Crippen LogP contribution in [0.15, 0.2) is 36.5 Å². The van der Waals surface area contributed by atoms with Gasteiger partial charge in [-0.05, 0) is 51.4 Å². The summed E-state index contributed by atoms with van der Waals surface area (Å²) in [4.78, 5) is 12.9. The summed E-state index contributed by atoms with van der Waals surface area (Å²) in [7, 11) is 0. The number of hydrogen-bond acceptors (Lipinski definition) is 8. The molecule has 6 N–H and O–H groups in total. The van der Waals surface area contributed by atoms with Crippen molar-refractivity contribution >= 4 is 5.91 Å². The first-order chi connectivity index (χ1) is 26.3. The Morgan fingerprint density at radius 3 is 1.63 bits per heavy atom. The van der Waals surface area contributed by atoms with Gasteiger partial charge in [0.15, 0.2) is 6.29 Å². The molecule has 1 amide bonds. The third-order valence-electron chi connectivity index (χ3n) is 10.4. The lowest BCUT2D eigenvalue weighted by atomic mass is 9.99. The Morgan fingerprint density at radius 1 is 0.611 bits per heavy atom. The lowest BCUT2D eigenvalue weighted by Crippen LogP contribution is -2.60. The molecule has 9 heteroatoms. The van der Waals surface area contributed by atoms with Gasteiger partial charge < -0.3 is 40.3 Å². The maximum absolute atomic E-state index is 12.9. The second-order valence-corrected chi connectivity index (χ2v) is 15.5. The molecule has 1 aliphatic heterocycles. The molecule has 0 bridgehead atoms. The van der Waals surface area contributed by atoms with E-state index in [9.17, 15) is 30.3 Å². The fourth-order valence-electron chi connectivity index (χ4n) is 6.82. The van der Waals surface area contributed by atoms with Crippen molar-refractivity contribution in [3.8, 4) is 0 Å². The van der Waals surface area contributed by atoms with Gasteiger partial charge in [-0.25, -0.2) is 0 Å². The van der Waals surface area contributed by atoms with Crippen molar-refractivity contribution in [1.29, 1.82) is 0 Å². The molecule has 0 aromatic rings. The van der Waals surface area contributed by atoms with Gasteiger partial charge in [-0.1, -0.05) is 166 Å². The Hall–Kier alpha value is -1.59. The standard InChI is InChI=1S/C45H83NO8/c1-3-5-7-9-11-13-15-16-17-18-19-20-21-22-23-24-25-26-28-30-32-34-39(48)38(37-53-45-44(52)43(51)42(50)40(36-47)54-45)46-41(49)35-33-31-29-27-14-12-10-8-6-4-2/h8,10,25-26,32,34,38-40,42-45,47-48,50-52H,3-7,9,11-24,27-31,33,35-37H2,1-2H3,(H,46,49)/b10-8-,26-25+,34-32+.